The Hall–Kier alpha value is -6.82. The van der Waals surface area contributed by atoms with Crippen molar-refractivity contribution in [1.29, 1.82) is 0 Å². The molecule has 23 heteroatoms. The number of hydrogen-bond donors (Lipinski definition) is 5. The van der Waals surface area contributed by atoms with Crippen LogP contribution < -0.4 is 41.0 Å². The number of nitrogen functional groups attached to an aromatic ring is 1. The number of piperidine rings is 2. The highest BCUT2D eigenvalue weighted by molar-refractivity contribution is 7.89. The Bertz CT molecular complexity index is 2940. The van der Waals surface area contributed by atoms with Crippen molar-refractivity contribution in [1.82, 2.24) is 19.2 Å². The number of aliphatic carboxylic acids is 1. The van der Waals surface area contributed by atoms with Crippen LogP contribution in [0.2, 0.25) is 0 Å². The molecule has 6 N–H and O–H groups in total. The summed E-state index contributed by atoms with van der Waals surface area (Å²) < 4.78 is 74.5. The number of sulfonamides is 2. The summed E-state index contributed by atoms with van der Waals surface area (Å²) in [6.07, 6.45) is 2.53. The number of ether oxygens (including phenoxy) is 4. The van der Waals surface area contributed by atoms with Gasteiger partial charge in [0, 0.05) is 94.6 Å². The Morgan fingerprint density at radius 2 is 0.927 bits per heavy atom. The minimum absolute atomic E-state index is 0. The molecular formula is C59H90N8O13S2. The average Bonchev–Trinajstić information content (AvgIpc) is 3.57. The normalized spacial score (nSPS) is 14.2. The lowest BCUT2D eigenvalue weighted by atomic mass is 10.0. The maximum atomic E-state index is 13.2. The van der Waals surface area contributed by atoms with Gasteiger partial charge in [-0.2, -0.15) is 0 Å². The molecule has 0 atom stereocenters. The number of anilines is 4. The highest BCUT2D eigenvalue weighted by Gasteiger charge is 2.29. The monoisotopic (exact) mass is 1180 g/mol. The molecule has 2 fully saturated rings. The number of carboxylic acids is 1. The van der Waals surface area contributed by atoms with E-state index in [4.69, 9.17) is 29.8 Å². The summed E-state index contributed by atoms with van der Waals surface area (Å²) >= 11 is 0. The van der Waals surface area contributed by atoms with E-state index in [1.165, 1.54) is 38.3 Å². The van der Waals surface area contributed by atoms with Crippen LogP contribution in [-0.2, 0) is 39.1 Å². The average molecular weight is 1180 g/mol. The molecule has 82 heavy (non-hydrogen) atoms. The number of nitrogens with two attached hydrogens (primary N) is 1. The van der Waals surface area contributed by atoms with Gasteiger partial charge in [0.2, 0.25) is 26.0 Å². The summed E-state index contributed by atoms with van der Waals surface area (Å²) in [6, 6.07) is 22.4. The van der Waals surface area contributed by atoms with Crippen LogP contribution in [0, 0.1) is 27.7 Å². The number of benzene rings is 4. The summed E-state index contributed by atoms with van der Waals surface area (Å²) in [5, 5.41) is 17.4. The lowest BCUT2D eigenvalue weighted by Crippen LogP contribution is -2.46. The SMILES string of the molecule is C.CC(C)(C)OC(=O)NC1CCN(c2ccc(N)cc2)CC1.COc1cc(C)c(S(=O)(=O)N(C)CCC(=O)Nc2ccc(N3CCC(NC(=O)OC(C)(C)C)CC3)cc2)c(C)c1.COc1cc(C)c(S(=O)(=O)N(C)CCC(=O)O)c(C)c1. The zero-order valence-corrected chi connectivity index (χ0v) is 51.2. The second-order valence-corrected chi connectivity index (χ2v) is 26.2. The standard InChI is InChI=1S/C29H42N4O6S.C16H25N3O2.C13H19NO5S.CH4/c1-20-18-25(38-7)19-21(2)27(20)40(36,37)32(6)15-14-26(34)30-22-8-10-24(11-9-22)33-16-12-23(13-17-33)31-28(35)39-29(3,4)5;1-16(2,3)21-15(20)18-13-8-10-19(11-9-13)14-6-4-12(17)5-7-14;1-9-7-11(19-4)8-10(2)13(9)20(17,18)14(3)6-5-12(15)16;/h8-11,18-19,23H,12-17H2,1-7H3,(H,30,34)(H,31,35);4-7,13H,8-11,17H2,1-3H3,(H,18,20);7-8H,5-6H2,1-4H3,(H,15,16);1H4. The number of aryl methyl sites for hydroxylation is 4. The molecule has 2 heterocycles. The van der Waals surface area contributed by atoms with E-state index in [9.17, 15) is 36.0 Å². The van der Waals surface area contributed by atoms with Gasteiger partial charge in [-0.05, 0) is 190 Å². The molecule has 0 aliphatic carbocycles. The maximum absolute atomic E-state index is 13.2. The van der Waals surface area contributed by atoms with Crippen LogP contribution >= 0.6 is 0 Å². The van der Waals surface area contributed by atoms with Crippen LogP contribution in [0.4, 0.5) is 32.3 Å². The van der Waals surface area contributed by atoms with E-state index >= 15 is 0 Å². The van der Waals surface area contributed by atoms with Crippen molar-refractivity contribution in [3.8, 4) is 11.5 Å². The molecule has 3 amide bonds. The summed E-state index contributed by atoms with van der Waals surface area (Å²) in [7, 11) is -1.57. The van der Waals surface area contributed by atoms with Gasteiger partial charge >= 0.3 is 18.2 Å². The molecule has 0 bridgehead atoms. The molecule has 0 spiro atoms. The van der Waals surface area contributed by atoms with Gasteiger partial charge in [0.1, 0.15) is 22.7 Å². The summed E-state index contributed by atoms with van der Waals surface area (Å²) in [5.74, 6) is -0.115. The Kier molecular flexibility index (Phi) is 25.8. The second-order valence-electron chi connectivity index (χ2n) is 22.2. The van der Waals surface area contributed by atoms with Crippen LogP contribution in [-0.4, -0.2) is 145 Å². The van der Waals surface area contributed by atoms with Crippen molar-refractivity contribution in [2.45, 2.75) is 148 Å². The largest absolute Gasteiger partial charge is 0.497 e. The summed E-state index contributed by atoms with van der Waals surface area (Å²) in [4.78, 5) is 51.9. The molecule has 0 aromatic heterocycles. The van der Waals surface area contributed by atoms with E-state index in [0.717, 1.165) is 67.5 Å². The first-order valence-electron chi connectivity index (χ1n) is 26.9. The maximum Gasteiger partial charge on any atom is 0.407 e. The van der Waals surface area contributed by atoms with E-state index in [0.29, 0.717) is 39.4 Å². The first-order chi connectivity index (χ1) is 37.7. The number of nitrogens with one attached hydrogen (secondary N) is 3. The van der Waals surface area contributed by atoms with Gasteiger partial charge in [0.15, 0.2) is 0 Å². The number of carbonyl (C=O) groups is 4. The molecular weight excluding hydrogens is 1090 g/mol. The lowest BCUT2D eigenvalue weighted by molar-refractivity contribution is -0.137. The topological polar surface area (TPSA) is 269 Å². The molecule has 21 nitrogen and oxygen atoms in total. The molecule has 456 valence electrons. The zero-order valence-electron chi connectivity index (χ0n) is 49.6. The zero-order chi connectivity index (χ0) is 60.6. The van der Waals surface area contributed by atoms with Crippen molar-refractivity contribution in [2.75, 3.05) is 88.4 Å². The van der Waals surface area contributed by atoms with Crippen LogP contribution in [0.3, 0.4) is 0 Å². The van der Waals surface area contributed by atoms with E-state index in [-0.39, 0.29) is 73.3 Å². The first kappa shape index (κ1) is 69.4. The minimum atomic E-state index is -3.77. The van der Waals surface area contributed by atoms with E-state index in [1.54, 1.807) is 52.0 Å². The Morgan fingerprint density at radius 3 is 1.24 bits per heavy atom. The Morgan fingerprint density at radius 1 is 0.598 bits per heavy atom. The third-order valence-electron chi connectivity index (χ3n) is 13.2. The van der Waals surface area contributed by atoms with E-state index in [2.05, 4.69) is 25.8 Å². The molecule has 2 saturated heterocycles. The summed E-state index contributed by atoms with van der Waals surface area (Å²) in [6.45, 7) is 21.4. The van der Waals surface area contributed by atoms with Crippen LogP contribution in [0.15, 0.2) is 82.6 Å². The van der Waals surface area contributed by atoms with Crippen molar-refractivity contribution in [3.05, 3.63) is 95.1 Å². The van der Waals surface area contributed by atoms with Crippen molar-refractivity contribution < 1.29 is 60.1 Å². The molecule has 0 radical (unpaired) electrons. The van der Waals surface area contributed by atoms with Gasteiger partial charge in [0.05, 0.1) is 30.4 Å². The first-order valence-corrected chi connectivity index (χ1v) is 29.8. The highest BCUT2D eigenvalue weighted by Crippen LogP contribution is 2.30. The fraction of sp³-hybridized carbons (Fsp3) is 0.525. The predicted octanol–water partition coefficient (Wildman–Crippen LogP) is 9.26. The van der Waals surface area contributed by atoms with Gasteiger partial charge in [-0.1, -0.05) is 7.43 Å². The number of amides is 3. The fourth-order valence-corrected chi connectivity index (χ4v) is 12.3. The van der Waals surface area contributed by atoms with Gasteiger partial charge in [-0.25, -0.2) is 35.0 Å². The van der Waals surface area contributed by atoms with Gasteiger partial charge in [0.25, 0.3) is 0 Å². The number of rotatable bonds is 17. The smallest absolute Gasteiger partial charge is 0.407 e. The van der Waals surface area contributed by atoms with Crippen molar-refractivity contribution in [2.24, 2.45) is 0 Å². The highest BCUT2D eigenvalue weighted by atomic mass is 32.2. The molecule has 0 saturated carbocycles. The van der Waals surface area contributed by atoms with Gasteiger partial charge in [-0.3, -0.25) is 9.59 Å². The van der Waals surface area contributed by atoms with Crippen LogP contribution in [0.5, 0.6) is 11.5 Å². The van der Waals surface area contributed by atoms with Gasteiger partial charge in [-0.15, -0.1) is 0 Å². The quantitative estimate of drug-likeness (QED) is 0.0616. The number of alkyl carbamates (subject to hydrolysis) is 2. The number of carboxylic acid groups (broad SMARTS) is 1. The Labute approximate surface area is 487 Å². The van der Waals surface area contributed by atoms with Crippen molar-refractivity contribution >= 4 is 66.9 Å². The number of carbonyl (C=O) groups excluding carboxylic acids is 3. The number of methoxy groups -OCH3 is 2. The number of nitrogens with zero attached hydrogens (tertiary/aromatic N) is 4. The third kappa shape index (κ3) is 21.5. The van der Waals surface area contributed by atoms with Crippen LogP contribution in [0.1, 0.15) is 110 Å². The lowest BCUT2D eigenvalue weighted by Gasteiger charge is -2.34. The van der Waals surface area contributed by atoms with Gasteiger partial charge < -0.3 is 55.5 Å². The molecule has 2 aliphatic rings. The minimum Gasteiger partial charge on any atom is -0.497 e. The van der Waals surface area contributed by atoms with E-state index in [1.807, 2.05) is 90.1 Å². The molecule has 0 unspecified atom stereocenters. The van der Waals surface area contributed by atoms with E-state index < -0.39 is 37.2 Å². The summed E-state index contributed by atoms with van der Waals surface area (Å²) in [5.41, 5.74) is 10.7. The second kappa shape index (κ2) is 30.5. The van der Waals surface area contributed by atoms with Crippen molar-refractivity contribution in [3.63, 3.8) is 0 Å². The molecule has 4 aromatic rings. The molecule has 4 aromatic carbocycles. The predicted molar refractivity (Wildman–Crippen MR) is 323 cm³/mol. The fourth-order valence-electron chi connectivity index (χ4n) is 9.11. The molecule has 6 rings (SSSR count). The molecule has 2 aliphatic heterocycles. The Balaban J connectivity index is 0.000000353. The van der Waals surface area contributed by atoms with Crippen LogP contribution in [0.25, 0.3) is 0 Å². The third-order valence-corrected chi connectivity index (χ3v) is 17.5. The number of hydrogen-bond acceptors (Lipinski definition) is 15.